The second-order valence-corrected chi connectivity index (χ2v) is 4.54. The van der Waals surface area contributed by atoms with E-state index in [4.69, 9.17) is 5.11 Å². The van der Waals surface area contributed by atoms with Gasteiger partial charge in [0, 0.05) is 13.1 Å². The molecule has 13 heavy (non-hydrogen) atoms. The molecular formula is C10H17NO2. The number of hydrogen-bond acceptors (Lipinski definition) is 2. The van der Waals surface area contributed by atoms with Crippen molar-refractivity contribution in [2.45, 2.75) is 19.3 Å². The van der Waals surface area contributed by atoms with E-state index < -0.39 is 5.97 Å². The van der Waals surface area contributed by atoms with Crippen molar-refractivity contribution in [3.05, 3.63) is 0 Å². The van der Waals surface area contributed by atoms with Gasteiger partial charge in [-0.2, -0.15) is 0 Å². The van der Waals surface area contributed by atoms with E-state index in [1.165, 1.54) is 6.42 Å². The van der Waals surface area contributed by atoms with Crippen LogP contribution >= 0.6 is 0 Å². The Morgan fingerprint density at radius 3 is 2.31 bits per heavy atom. The fourth-order valence-electron chi connectivity index (χ4n) is 3.07. The molecule has 0 aromatic carbocycles. The number of carboxylic acid groups (broad SMARTS) is 1. The molecule has 2 rings (SSSR count). The predicted octanol–water partition coefficient (Wildman–Crippen LogP) is 1.05. The van der Waals surface area contributed by atoms with Gasteiger partial charge in [0.1, 0.15) is 0 Å². The second kappa shape index (κ2) is 3.29. The van der Waals surface area contributed by atoms with Gasteiger partial charge in [0.05, 0.1) is 5.92 Å². The molecule has 1 aliphatic heterocycles. The minimum Gasteiger partial charge on any atom is -0.481 e. The van der Waals surface area contributed by atoms with E-state index in [1.54, 1.807) is 0 Å². The van der Waals surface area contributed by atoms with Crippen LogP contribution < -0.4 is 0 Å². The lowest BCUT2D eigenvalue weighted by molar-refractivity contribution is -0.150. The average molecular weight is 183 g/mol. The summed E-state index contributed by atoms with van der Waals surface area (Å²) in [6.07, 6.45) is 3.45. The summed E-state index contributed by atoms with van der Waals surface area (Å²) in [6, 6.07) is 0. The minimum atomic E-state index is -0.567. The highest BCUT2D eigenvalue weighted by molar-refractivity contribution is 5.71. The van der Waals surface area contributed by atoms with Crippen LogP contribution in [0.25, 0.3) is 0 Å². The number of nitrogens with zero attached hydrogens (tertiary/aromatic N) is 1. The summed E-state index contributed by atoms with van der Waals surface area (Å²) in [5.74, 6) is 0.206. The number of hydrogen-bond donors (Lipinski definition) is 1. The van der Waals surface area contributed by atoms with Gasteiger partial charge in [0.25, 0.3) is 0 Å². The zero-order valence-corrected chi connectivity index (χ0v) is 8.07. The molecule has 3 nitrogen and oxygen atoms in total. The van der Waals surface area contributed by atoms with Crippen LogP contribution in [0, 0.1) is 17.8 Å². The van der Waals surface area contributed by atoms with E-state index in [2.05, 4.69) is 11.9 Å². The normalized spacial score (nSPS) is 40.2. The SMILES string of the molecule is CN1CC2CCCC(C1)C2C(=O)O. The lowest BCUT2D eigenvalue weighted by Crippen LogP contribution is -2.49. The Morgan fingerprint density at radius 2 is 1.85 bits per heavy atom. The highest BCUT2D eigenvalue weighted by Gasteiger charge is 2.42. The van der Waals surface area contributed by atoms with E-state index >= 15 is 0 Å². The van der Waals surface area contributed by atoms with E-state index in [-0.39, 0.29) is 5.92 Å². The van der Waals surface area contributed by atoms with Crippen LogP contribution in [0.4, 0.5) is 0 Å². The number of fused-ring (bicyclic) bond motifs is 2. The molecule has 74 valence electrons. The van der Waals surface area contributed by atoms with Crippen LogP contribution in [-0.4, -0.2) is 36.1 Å². The smallest absolute Gasteiger partial charge is 0.307 e. The molecule has 1 heterocycles. The summed E-state index contributed by atoms with van der Waals surface area (Å²) in [4.78, 5) is 13.3. The van der Waals surface area contributed by atoms with Crippen LogP contribution in [0.3, 0.4) is 0 Å². The van der Waals surface area contributed by atoms with Crippen molar-refractivity contribution in [3.8, 4) is 0 Å². The third kappa shape index (κ3) is 1.57. The van der Waals surface area contributed by atoms with Gasteiger partial charge < -0.3 is 10.0 Å². The minimum absolute atomic E-state index is 0.0510. The molecule has 0 radical (unpaired) electrons. The number of carbonyl (C=O) groups is 1. The third-order valence-corrected chi connectivity index (χ3v) is 3.54. The fourth-order valence-corrected chi connectivity index (χ4v) is 3.07. The van der Waals surface area contributed by atoms with E-state index in [1.807, 2.05) is 0 Å². The molecule has 2 fully saturated rings. The maximum absolute atomic E-state index is 11.1. The molecule has 1 N–H and O–H groups in total. The Balaban J connectivity index is 2.14. The fraction of sp³-hybridized carbons (Fsp3) is 0.900. The van der Waals surface area contributed by atoms with Crippen LogP contribution in [0.15, 0.2) is 0 Å². The quantitative estimate of drug-likeness (QED) is 0.660. The second-order valence-electron chi connectivity index (χ2n) is 4.54. The molecule has 2 bridgehead atoms. The number of rotatable bonds is 1. The van der Waals surface area contributed by atoms with Crippen LogP contribution in [-0.2, 0) is 4.79 Å². The molecule has 3 heteroatoms. The van der Waals surface area contributed by atoms with Crippen LogP contribution in [0.1, 0.15) is 19.3 Å². The molecule has 2 atom stereocenters. The Bertz CT molecular complexity index is 203. The zero-order valence-electron chi connectivity index (χ0n) is 8.07. The van der Waals surface area contributed by atoms with Crippen molar-refractivity contribution >= 4 is 5.97 Å². The third-order valence-electron chi connectivity index (χ3n) is 3.54. The standard InChI is InChI=1S/C10H17NO2/c1-11-5-7-3-2-4-8(6-11)9(7)10(12)13/h7-9H,2-6H2,1H3,(H,12,13). The molecule has 0 aromatic rings. The largest absolute Gasteiger partial charge is 0.481 e. The number of aliphatic carboxylic acids is 1. The van der Waals surface area contributed by atoms with Crippen LogP contribution in [0.5, 0.6) is 0 Å². The van der Waals surface area contributed by atoms with Crippen molar-refractivity contribution in [1.82, 2.24) is 4.90 Å². The van der Waals surface area contributed by atoms with Crippen molar-refractivity contribution in [2.75, 3.05) is 20.1 Å². The summed E-state index contributed by atoms with van der Waals surface area (Å²) in [5, 5.41) is 9.11. The van der Waals surface area contributed by atoms with Gasteiger partial charge in [-0.15, -0.1) is 0 Å². The Labute approximate surface area is 78.7 Å². The van der Waals surface area contributed by atoms with Crippen molar-refractivity contribution in [1.29, 1.82) is 0 Å². The van der Waals surface area contributed by atoms with Crippen LogP contribution in [0.2, 0.25) is 0 Å². The van der Waals surface area contributed by atoms with Gasteiger partial charge in [0.15, 0.2) is 0 Å². The monoisotopic (exact) mass is 183 g/mol. The first kappa shape index (κ1) is 9.00. The first-order valence-electron chi connectivity index (χ1n) is 5.10. The van der Waals surface area contributed by atoms with Gasteiger partial charge in [-0.05, 0) is 31.7 Å². The molecule has 2 unspecified atom stereocenters. The summed E-state index contributed by atoms with van der Waals surface area (Å²) < 4.78 is 0. The van der Waals surface area contributed by atoms with Gasteiger partial charge in [0.2, 0.25) is 0 Å². The lowest BCUT2D eigenvalue weighted by Gasteiger charge is -2.44. The molecule has 0 aromatic heterocycles. The maximum Gasteiger partial charge on any atom is 0.307 e. The van der Waals surface area contributed by atoms with E-state index in [0.29, 0.717) is 11.8 Å². The Morgan fingerprint density at radius 1 is 1.31 bits per heavy atom. The molecule has 2 aliphatic rings. The highest BCUT2D eigenvalue weighted by atomic mass is 16.4. The predicted molar refractivity (Wildman–Crippen MR) is 49.5 cm³/mol. The molecule has 1 saturated carbocycles. The maximum atomic E-state index is 11.1. The zero-order chi connectivity index (χ0) is 9.42. The number of likely N-dealkylation sites (tertiary alicyclic amines) is 1. The van der Waals surface area contributed by atoms with Gasteiger partial charge >= 0.3 is 5.97 Å². The van der Waals surface area contributed by atoms with Crippen molar-refractivity contribution in [2.24, 2.45) is 17.8 Å². The Kier molecular flexibility index (Phi) is 2.28. The first-order chi connectivity index (χ1) is 6.18. The van der Waals surface area contributed by atoms with Gasteiger partial charge in [-0.25, -0.2) is 0 Å². The van der Waals surface area contributed by atoms with Crippen molar-refractivity contribution in [3.63, 3.8) is 0 Å². The molecule has 0 amide bonds. The van der Waals surface area contributed by atoms with Gasteiger partial charge in [-0.3, -0.25) is 4.79 Å². The average Bonchev–Trinajstić information content (AvgIpc) is 2.01. The summed E-state index contributed by atoms with van der Waals surface area (Å²) in [5.41, 5.74) is 0. The van der Waals surface area contributed by atoms with Gasteiger partial charge in [-0.1, -0.05) is 6.42 Å². The first-order valence-corrected chi connectivity index (χ1v) is 5.10. The summed E-state index contributed by atoms with van der Waals surface area (Å²) in [6.45, 7) is 1.96. The van der Waals surface area contributed by atoms with E-state index in [9.17, 15) is 4.79 Å². The van der Waals surface area contributed by atoms with Crippen molar-refractivity contribution < 1.29 is 9.90 Å². The summed E-state index contributed by atoms with van der Waals surface area (Å²) >= 11 is 0. The molecule has 1 aliphatic carbocycles. The summed E-state index contributed by atoms with van der Waals surface area (Å²) in [7, 11) is 2.10. The number of carboxylic acids is 1. The topological polar surface area (TPSA) is 40.5 Å². The van der Waals surface area contributed by atoms with E-state index in [0.717, 1.165) is 25.9 Å². The number of piperidine rings is 1. The highest BCUT2D eigenvalue weighted by Crippen LogP contribution is 2.39. The molecular weight excluding hydrogens is 166 g/mol. The molecule has 1 saturated heterocycles. The molecule has 0 spiro atoms. The Hall–Kier alpha value is -0.570. The lowest BCUT2D eigenvalue weighted by atomic mass is 9.69.